The van der Waals surface area contributed by atoms with E-state index in [4.69, 9.17) is 4.74 Å². The van der Waals surface area contributed by atoms with Gasteiger partial charge in [-0.3, -0.25) is 4.79 Å². The van der Waals surface area contributed by atoms with Gasteiger partial charge in [0.05, 0.1) is 6.61 Å². The van der Waals surface area contributed by atoms with Crippen molar-refractivity contribution >= 4 is 17.7 Å². The number of hydrogen-bond acceptors (Lipinski definition) is 4. The maximum atomic E-state index is 11.1. The lowest BCUT2D eigenvalue weighted by molar-refractivity contribution is -0.143. The smallest absolute Gasteiger partial charge is 0.305 e. The summed E-state index contributed by atoms with van der Waals surface area (Å²) in [5.74, 6) is 1.19. The molecule has 0 saturated carbocycles. The Morgan fingerprint density at radius 3 is 2.78 bits per heavy atom. The molecule has 0 amide bonds. The highest BCUT2D eigenvalue weighted by Gasteiger charge is 2.02. The number of hydrogen-bond donors (Lipinski definition) is 1. The molecule has 1 aromatic rings. The van der Waals surface area contributed by atoms with Crippen molar-refractivity contribution < 1.29 is 14.6 Å². The number of phenols is 1. The van der Waals surface area contributed by atoms with Crippen molar-refractivity contribution in [3.05, 3.63) is 24.3 Å². The number of rotatable bonds is 8. The fourth-order valence-corrected chi connectivity index (χ4v) is 2.50. The average Bonchev–Trinajstić information content (AvgIpc) is 2.36. The van der Waals surface area contributed by atoms with E-state index in [0.717, 1.165) is 29.9 Å². The molecule has 1 aromatic carbocycles. The molecule has 0 bridgehead atoms. The molecule has 0 heterocycles. The number of phenolic OH excluding ortho intramolecular Hbond substituents is 1. The Kier molecular flexibility index (Phi) is 7.34. The van der Waals surface area contributed by atoms with Crippen LogP contribution in [-0.2, 0) is 9.53 Å². The Labute approximate surface area is 113 Å². The highest BCUT2D eigenvalue weighted by Crippen LogP contribution is 2.28. The van der Waals surface area contributed by atoms with E-state index >= 15 is 0 Å². The Balaban J connectivity index is 2.06. The van der Waals surface area contributed by atoms with E-state index in [1.807, 2.05) is 25.1 Å². The van der Waals surface area contributed by atoms with Gasteiger partial charge in [0, 0.05) is 11.3 Å². The topological polar surface area (TPSA) is 46.5 Å². The van der Waals surface area contributed by atoms with Crippen LogP contribution in [0.4, 0.5) is 0 Å². The predicted octanol–water partition coefficient (Wildman–Crippen LogP) is 3.61. The van der Waals surface area contributed by atoms with Crippen molar-refractivity contribution in [2.75, 3.05) is 12.4 Å². The molecule has 1 rings (SSSR count). The number of unbranched alkanes of at least 4 members (excludes halogenated alkanes) is 2. The maximum absolute atomic E-state index is 11.1. The van der Waals surface area contributed by atoms with Gasteiger partial charge in [-0.2, -0.15) is 0 Å². The first kappa shape index (κ1) is 14.9. The summed E-state index contributed by atoms with van der Waals surface area (Å²) in [4.78, 5) is 12.0. The van der Waals surface area contributed by atoms with Gasteiger partial charge < -0.3 is 9.84 Å². The summed E-state index contributed by atoms with van der Waals surface area (Å²) in [5, 5.41) is 9.56. The normalized spacial score (nSPS) is 10.3. The molecule has 100 valence electrons. The summed E-state index contributed by atoms with van der Waals surface area (Å²) in [6, 6.07) is 7.35. The molecule has 0 aromatic heterocycles. The van der Waals surface area contributed by atoms with Crippen molar-refractivity contribution in [2.24, 2.45) is 0 Å². The number of carbonyl (C=O) groups is 1. The van der Waals surface area contributed by atoms with Crippen LogP contribution in [0.15, 0.2) is 29.2 Å². The van der Waals surface area contributed by atoms with Crippen molar-refractivity contribution in [1.29, 1.82) is 0 Å². The molecule has 0 fully saturated rings. The lowest BCUT2D eigenvalue weighted by Crippen LogP contribution is -2.03. The van der Waals surface area contributed by atoms with Gasteiger partial charge in [-0.05, 0) is 37.7 Å². The quantitative estimate of drug-likeness (QED) is 0.444. The van der Waals surface area contributed by atoms with Crippen LogP contribution in [0, 0.1) is 0 Å². The number of ether oxygens (including phenoxy) is 1. The summed E-state index contributed by atoms with van der Waals surface area (Å²) >= 11 is 1.65. The lowest BCUT2D eigenvalue weighted by atomic mass is 10.2. The number of aromatic hydroxyl groups is 1. The van der Waals surface area contributed by atoms with Crippen molar-refractivity contribution in [3.8, 4) is 5.75 Å². The van der Waals surface area contributed by atoms with Crippen LogP contribution in [0.1, 0.15) is 32.6 Å². The van der Waals surface area contributed by atoms with Crippen molar-refractivity contribution in [3.63, 3.8) is 0 Å². The van der Waals surface area contributed by atoms with Crippen LogP contribution < -0.4 is 0 Å². The molecule has 1 N–H and O–H groups in total. The number of benzene rings is 1. The van der Waals surface area contributed by atoms with E-state index < -0.39 is 0 Å². The molecule has 18 heavy (non-hydrogen) atoms. The molecule has 0 unspecified atom stereocenters. The van der Waals surface area contributed by atoms with Gasteiger partial charge in [0.15, 0.2) is 0 Å². The zero-order chi connectivity index (χ0) is 13.2. The molecule has 4 heteroatoms. The maximum Gasteiger partial charge on any atom is 0.305 e. The van der Waals surface area contributed by atoms with Crippen LogP contribution in [0.25, 0.3) is 0 Å². The van der Waals surface area contributed by atoms with E-state index in [1.165, 1.54) is 0 Å². The third-order valence-electron chi connectivity index (χ3n) is 2.45. The molecule has 0 atom stereocenters. The average molecular weight is 268 g/mol. The number of carbonyl (C=O) groups excluding carboxylic acids is 1. The first-order valence-corrected chi connectivity index (χ1v) is 7.29. The van der Waals surface area contributed by atoms with Gasteiger partial charge >= 0.3 is 5.97 Å². The van der Waals surface area contributed by atoms with Crippen LogP contribution in [0.5, 0.6) is 5.75 Å². The zero-order valence-electron chi connectivity index (χ0n) is 10.7. The minimum Gasteiger partial charge on any atom is -0.507 e. The minimum absolute atomic E-state index is 0.106. The second-order valence-corrected chi connectivity index (χ2v) is 5.07. The molecule has 0 spiro atoms. The van der Waals surface area contributed by atoms with E-state index in [9.17, 15) is 9.90 Å². The number of para-hydroxylation sites is 1. The van der Waals surface area contributed by atoms with Gasteiger partial charge in [-0.15, -0.1) is 11.8 Å². The zero-order valence-corrected chi connectivity index (χ0v) is 11.5. The predicted molar refractivity (Wildman–Crippen MR) is 73.9 cm³/mol. The van der Waals surface area contributed by atoms with Crippen molar-refractivity contribution in [1.82, 2.24) is 0 Å². The molecular weight excluding hydrogens is 248 g/mol. The summed E-state index contributed by atoms with van der Waals surface area (Å²) in [6.45, 7) is 2.28. The molecule has 0 saturated heterocycles. The molecule has 3 nitrogen and oxygen atoms in total. The molecule has 0 aliphatic rings. The first-order chi connectivity index (χ1) is 8.74. The van der Waals surface area contributed by atoms with E-state index in [-0.39, 0.29) is 5.97 Å². The summed E-state index contributed by atoms with van der Waals surface area (Å²) in [5.41, 5.74) is 0. The van der Waals surface area contributed by atoms with Crippen LogP contribution in [0.3, 0.4) is 0 Å². The first-order valence-electron chi connectivity index (χ1n) is 6.30. The van der Waals surface area contributed by atoms with Gasteiger partial charge in [0.2, 0.25) is 0 Å². The standard InChI is InChI=1S/C14H20O3S/c1-2-17-14(16)10-4-3-7-11-18-13-9-6-5-8-12(13)15/h5-6,8-9,15H,2-4,7,10-11H2,1H3. The van der Waals surface area contributed by atoms with Crippen molar-refractivity contribution in [2.45, 2.75) is 37.5 Å². The summed E-state index contributed by atoms with van der Waals surface area (Å²) in [6.07, 6.45) is 3.44. The molecule has 0 aliphatic carbocycles. The number of esters is 1. The highest BCUT2D eigenvalue weighted by atomic mass is 32.2. The van der Waals surface area contributed by atoms with Crippen LogP contribution in [-0.4, -0.2) is 23.4 Å². The molecule has 0 radical (unpaired) electrons. The number of thioether (sulfide) groups is 1. The summed E-state index contributed by atoms with van der Waals surface area (Å²) in [7, 11) is 0. The monoisotopic (exact) mass is 268 g/mol. The third-order valence-corrected chi connectivity index (χ3v) is 3.60. The molecule has 0 aliphatic heterocycles. The fourth-order valence-electron chi connectivity index (χ4n) is 1.54. The van der Waals surface area contributed by atoms with Gasteiger partial charge in [0.1, 0.15) is 5.75 Å². The Hall–Kier alpha value is -1.16. The van der Waals surface area contributed by atoms with E-state index in [1.54, 1.807) is 17.8 Å². The SMILES string of the molecule is CCOC(=O)CCCCCSc1ccccc1O. The fraction of sp³-hybridized carbons (Fsp3) is 0.500. The Bertz CT molecular complexity index is 366. The second-order valence-electron chi connectivity index (χ2n) is 3.93. The Morgan fingerprint density at radius 2 is 2.06 bits per heavy atom. The third kappa shape index (κ3) is 5.96. The van der Waals surface area contributed by atoms with E-state index in [2.05, 4.69) is 0 Å². The van der Waals surface area contributed by atoms with Gasteiger partial charge in [-0.25, -0.2) is 0 Å². The van der Waals surface area contributed by atoms with Crippen LogP contribution in [0.2, 0.25) is 0 Å². The second kappa shape index (κ2) is 8.86. The largest absolute Gasteiger partial charge is 0.507 e. The van der Waals surface area contributed by atoms with Gasteiger partial charge in [0.25, 0.3) is 0 Å². The van der Waals surface area contributed by atoms with Gasteiger partial charge in [-0.1, -0.05) is 18.6 Å². The highest BCUT2D eigenvalue weighted by molar-refractivity contribution is 7.99. The van der Waals surface area contributed by atoms with E-state index in [0.29, 0.717) is 18.8 Å². The Morgan fingerprint density at radius 1 is 1.28 bits per heavy atom. The lowest BCUT2D eigenvalue weighted by Gasteiger charge is -2.04. The van der Waals surface area contributed by atoms with Crippen LogP contribution >= 0.6 is 11.8 Å². The molecular formula is C14H20O3S. The minimum atomic E-state index is -0.106. The summed E-state index contributed by atoms with van der Waals surface area (Å²) < 4.78 is 4.86.